The molecule has 0 saturated heterocycles. The number of para-hydroxylation sites is 1. The number of nitrogens with one attached hydrogen (secondary N) is 2. The van der Waals surface area contributed by atoms with Crippen LogP contribution in [0.4, 0.5) is 5.69 Å². The SMILES string of the molecule is O=C(CCc1ccco1)Nc1cccc2cn[nH]c12. The summed E-state index contributed by atoms with van der Waals surface area (Å²) in [5, 5.41) is 10.7. The van der Waals surface area contributed by atoms with Crippen molar-refractivity contribution in [1.82, 2.24) is 10.2 Å². The Kier molecular flexibility index (Phi) is 3.02. The highest BCUT2D eigenvalue weighted by atomic mass is 16.3. The second kappa shape index (κ2) is 4.97. The van der Waals surface area contributed by atoms with Gasteiger partial charge < -0.3 is 9.73 Å². The van der Waals surface area contributed by atoms with E-state index < -0.39 is 0 Å². The number of anilines is 1. The fraction of sp³-hybridized carbons (Fsp3) is 0.143. The third-order valence-electron chi connectivity index (χ3n) is 2.93. The van der Waals surface area contributed by atoms with Gasteiger partial charge in [0.1, 0.15) is 5.76 Å². The van der Waals surface area contributed by atoms with E-state index in [9.17, 15) is 4.79 Å². The van der Waals surface area contributed by atoms with Crippen molar-refractivity contribution in [2.75, 3.05) is 5.32 Å². The van der Waals surface area contributed by atoms with Gasteiger partial charge >= 0.3 is 0 Å². The fourth-order valence-corrected chi connectivity index (χ4v) is 1.98. The summed E-state index contributed by atoms with van der Waals surface area (Å²) in [6.07, 6.45) is 4.32. The van der Waals surface area contributed by atoms with Crippen LogP contribution >= 0.6 is 0 Å². The number of H-pyrrole nitrogens is 1. The van der Waals surface area contributed by atoms with E-state index in [2.05, 4.69) is 15.5 Å². The Labute approximate surface area is 109 Å². The van der Waals surface area contributed by atoms with Gasteiger partial charge in [-0.1, -0.05) is 12.1 Å². The van der Waals surface area contributed by atoms with E-state index in [1.807, 2.05) is 30.3 Å². The number of benzene rings is 1. The fourth-order valence-electron chi connectivity index (χ4n) is 1.98. The molecule has 0 aliphatic heterocycles. The Hall–Kier alpha value is -2.56. The Balaban J connectivity index is 1.67. The number of hydrogen-bond acceptors (Lipinski definition) is 3. The second-order valence-corrected chi connectivity index (χ2v) is 4.27. The van der Waals surface area contributed by atoms with Crippen LogP contribution in [0.3, 0.4) is 0 Å². The summed E-state index contributed by atoms with van der Waals surface area (Å²) >= 11 is 0. The van der Waals surface area contributed by atoms with Gasteiger partial charge in [0.15, 0.2) is 0 Å². The van der Waals surface area contributed by atoms with Crippen molar-refractivity contribution in [3.05, 3.63) is 48.6 Å². The van der Waals surface area contributed by atoms with Crippen LogP contribution in [0, 0.1) is 0 Å². The first-order valence-electron chi connectivity index (χ1n) is 6.07. The number of amides is 1. The van der Waals surface area contributed by atoms with Crippen molar-refractivity contribution in [1.29, 1.82) is 0 Å². The predicted octanol–water partition coefficient (Wildman–Crippen LogP) is 2.73. The van der Waals surface area contributed by atoms with E-state index in [1.54, 1.807) is 12.5 Å². The van der Waals surface area contributed by atoms with Crippen LogP contribution in [-0.2, 0) is 11.2 Å². The number of furan rings is 1. The van der Waals surface area contributed by atoms with Gasteiger partial charge in [0, 0.05) is 18.2 Å². The second-order valence-electron chi connectivity index (χ2n) is 4.27. The zero-order chi connectivity index (χ0) is 13.1. The van der Waals surface area contributed by atoms with E-state index in [1.165, 1.54) is 0 Å². The molecule has 0 fully saturated rings. The van der Waals surface area contributed by atoms with Gasteiger partial charge in [-0.3, -0.25) is 9.89 Å². The molecule has 3 rings (SSSR count). The number of hydrogen-bond donors (Lipinski definition) is 2. The highest BCUT2D eigenvalue weighted by Gasteiger charge is 2.08. The van der Waals surface area contributed by atoms with Crippen LogP contribution in [-0.4, -0.2) is 16.1 Å². The zero-order valence-corrected chi connectivity index (χ0v) is 10.2. The smallest absolute Gasteiger partial charge is 0.224 e. The van der Waals surface area contributed by atoms with E-state index in [4.69, 9.17) is 4.42 Å². The number of aromatic amines is 1. The van der Waals surface area contributed by atoms with Gasteiger partial charge in [0.2, 0.25) is 5.91 Å². The summed E-state index contributed by atoms with van der Waals surface area (Å²) in [4.78, 5) is 11.9. The molecule has 3 aromatic rings. The number of carbonyl (C=O) groups is 1. The molecule has 0 spiro atoms. The third kappa shape index (κ3) is 2.49. The van der Waals surface area contributed by atoms with Crippen LogP contribution < -0.4 is 5.32 Å². The van der Waals surface area contributed by atoms with Gasteiger partial charge in [0.25, 0.3) is 0 Å². The highest BCUT2D eigenvalue weighted by Crippen LogP contribution is 2.20. The summed E-state index contributed by atoms with van der Waals surface area (Å²) in [5.74, 6) is 0.772. The minimum absolute atomic E-state index is 0.0431. The molecule has 2 N–H and O–H groups in total. The molecule has 0 aliphatic carbocycles. The molecule has 2 heterocycles. The van der Waals surface area contributed by atoms with Gasteiger partial charge in [-0.05, 0) is 18.2 Å². The molecule has 0 aliphatic rings. The van der Waals surface area contributed by atoms with Crippen molar-refractivity contribution >= 4 is 22.5 Å². The number of aryl methyl sites for hydroxylation is 1. The standard InChI is InChI=1S/C14H13N3O2/c18-13(7-6-11-4-2-8-19-11)16-12-5-1-3-10-9-15-17-14(10)12/h1-5,8-9H,6-7H2,(H,15,17)(H,16,18). The van der Waals surface area contributed by atoms with Crippen LogP contribution in [0.25, 0.3) is 10.9 Å². The average molecular weight is 255 g/mol. The summed E-state index contributed by atoms with van der Waals surface area (Å²) < 4.78 is 5.20. The maximum absolute atomic E-state index is 11.9. The molecule has 2 aromatic heterocycles. The molecule has 96 valence electrons. The van der Waals surface area contributed by atoms with E-state index >= 15 is 0 Å². The molecule has 1 aromatic carbocycles. The number of nitrogens with zero attached hydrogens (tertiary/aromatic N) is 1. The molecular weight excluding hydrogens is 242 g/mol. The number of fused-ring (bicyclic) bond motifs is 1. The monoisotopic (exact) mass is 255 g/mol. The van der Waals surface area contributed by atoms with Crippen molar-refractivity contribution < 1.29 is 9.21 Å². The molecule has 0 radical (unpaired) electrons. The van der Waals surface area contributed by atoms with Crippen molar-refractivity contribution in [2.45, 2.75) is 12.8 Å². The lowest BCUT2D eigenvalue weighted by Crippen LogP contribution is -2.12. The number of carbonyl (C=O) groups excluding carboxylic acids is 1. The lowest BCUT2D eigenvalue weighted by Gasteiger charge is -2.05. The van der Waals surface area contributed by atoms with Crippen molar-refractivity contribution in [3.63, 3.8) is 0 Å². The molecule has 0 atom stereocenters. The number of rotatable bonds is 4. The molecular formula is C14H13N3O2. The normalized spacial score (nSPS) is 10.7. The van der Waals surface area contributed by atoms with E-state index in [-0.39, 0.29) is 5.91 Å². The first kappa shape index (κ1) is 11.5. The van der Waals surface area contributed by atoms with E-state index in [0.29, 0.717) is 12.8 Å². The van der Waals surface area contributed by atoms with Gasteiger partial charge in [-0.15, -0.1) is 0 Å². The van der Waals surface area contributed by atoms with Crippen LogP contribution in [0.2, 0.25) is 0 Å². The van der Waals surface area contributed by atoms with Crippen LogP contribution in [0.15, 0.2) is 47.2 Å². The molecule has 19 heavy (non-hydrogen) atoms. The third-order valence-corrected chi connectivity index (χ3v) is 2.93. The number of aromatic nitrogens is 2. The summed E-state index contributed by atoms with van der Waals surface area (Å²) in [5.41, 5.74) is 1.59. The van der Waals surface area contributed by atoms with Crippen LogP contribution in [0.1, 0.15) is 12.2 Å². The minimum atomic E-state index is -0.0431. The Bertz CT molecular complexity index is 686. The quantitative estimate of drug-likeness (QED) is 0.753. The summed E-state index contributed by atoms with van der Waals surface area (Å²) in [6.45, 7) is 0. The molecule has 5 heteroatoms. The summed E-state index contributed by atoms with van der Waals surface area (Å²) in [7, 11) is 0. The molecule has 5 nitrogen and oxygen atoms in total. The Morgan fingerprint density at radius 1 is 1.32 bits per heavy atom. The zero-order valence-electron chi connectivity index (χ0n) is 10.2. The lowest BCUT2D eigenvalue weighted by molar-refractivity contribution is -0.116. The summed E-state index contributed by atoms with van der Waals surface area (Å²) in [6, 6.07) is 9.37. The first-order valence-corrected chi connectivity index (χ1v) is 6.07. The average Bonchev–Trinajstić information content (AvgIpc) is 3.08. The predicted molar refractivity (Wildman–Crippen MR) is 71.8 cm³/mol. The largest absolute Gasteiger partial charge is 0.469 e. The maximum atomic E-state index is 11.9. The lowest BCUT2D eigenvalue weighted by atomic mass is 10.2. The van der Waals surface area contributed by atoms with Gasteiger partial charge in [0.05, 0.1) is 23.7 Å². The van der Waals surface area contributed by atoms with E-state index in [0.717, 1.165) is 22.4 Å². The first-order chi connectivity index (χ1) is 9.33. The van der Waals surface area contributed by atoms with Gasteiger partial charge in [-0.2, -0.15) is 5.10 Å². The van der Waals surface area contributed by atoms with Crippen molar-refractivity contribution in [2.24, 2.45) is 0 Å². The molecule has 0 unspecified atom stereocenters. The minimum Gasteiger partial charge on any atom is -0.469 e. The molecule has 1 amide bonds. The molecule has 0 bridgehead atoms. The van der Waals surface area contributed by atoms with Crippen LogP contribution in [0.5, 0.6) is 0 Å². The highest BCUT2D eigenvalue weighted by molar-refractivity contribution is 6.00. The van der Waals surface area contributed by atoms with Gasteiger partial charge in [-0.25, -0.2) is 0 Å². The Morgan fingerprint density at radius 2 is 2.26 bits per heavy atom. The Morgan fingerprint density at radius 3 is 3.11 bits per heavy atom. The van der Waals surface area contributed by atoms with Crippen molar-refractivity contribution in [3.8, 4) is 0 Å². The topological polar surface area (TPSA) is 70.9 Å². The maximum Gasteiger partial charge on any atom is 0.224 e. The molecule has 0 saturated carbocycles.